The van der Waals surface area contributed by atoms with Gasteiger partial charge in [0.2, 0.25) is 4.69 Å². The van der Waals surface area contributed by atoms with Crippen molar-refractivity contribution in [3.05, 3.63) is 0 Å². The molecule has 0 saturated carbocycles. The van der Waals surface area contributed by atoms with Gasteiger partial charge in [0.1, 0.15) is 5.60 Å². The number of nitrogens with zero attached hydrogens (tertiary/aromatic N) is 1. The molecule has 1 aliphatic rings. The zero-order chi connectivity index (χ0) is 13.8. The van der Waals surface area contributed by atoms with Gasteiger partial charge in [-0.15, -0.1) is 0 Å². The van der Waals surface area contributed by atoms with Crippen molar-refractivity contribution >= 4 is 26.7 Å². The molecule has 1 heterocycles. The van der Waals surface area contributed by atoms with E-state index in [1.807, 2.05) is 20.8 Å². The summed E-state index contributed by atoms with van der Waals surface area (Å²) in [6.45, 7) is 7.60. The van der Waals surface area contributed by atoms with Crippen LogP contribution in [0.5, 0.6) is 0 Å². The molecule has 0 bridgehead atoms. The highest BCUT2D eigenvalue weighted by Crippen LogP contribution is 2.12. The van der Waals surface area contributed by atoms with Gasteiger partial charge in [-0.1, -0.05) is 0 Å². The average molecular weight is 321 g/mol. The summed E-state index contributed by atoms with van der Waals surface area (Å²) in [5.74, 6) is 0. The van der Waals surface area contributed by atoms with E-state index in [0.29, 0.717) is 6.54 Å². The molecule has 6 heteroatoms. The molecule has 1 amide bonds. The molecule has 0 unspecified atom stereocenters. The van der Waals surface area contributed by atoms with Crippen LogP contribution in [0.1, 0.15) is 33.6 Å². The molecule has 1 saturated heterocycles. The fourth-order valence-corrected chi connectivity index (χ4v) is 2.24. The van der Waals surface area contributed by atoms with Gasteiger partial charge in [-0.05, 0) is 49.5 Å². The zero-order valence-electron chi connectivity index (χ0n) is 11.2. The number of piperidine rings is 1. The third-order valence-electron chi connectivity index (χ3n) is 2.66. The molecule has 0 radical (unpaired) electrons. The van der Waals surface area contributed by atoms with Crippen LogP contribution in [0, 0.1) is 0 Å². The Kier molecular flexibility index (Phi) is 5.59. The quantitative estimate of drug-likeness (QED) is 0.807. The van der Waals surface area contributed by atoms with Gasteiger partial charge in [-0.3, -0.25) is 9.69 Å². The topological polar surface area (TPSA) is 58.6 Å². The van der Waals surface area contributed by atoms with E-state index < -0.39 is 5.60 Å². The molecule has 5 nitrogen and oxygen atoms in total. The normalized spacial score (nSPS) is 18.4. The van der Waals surface area contributed by atoms with Gasteiger partial charge < -0.3 is 10.1 Å². The van der Waals surface area contributed by atoms with E-state index in [0.717, 1.165) is 25.9 Å². The Hall–Kier alpha value is -0.620. The smallest absolute Gasteiger partial charge is 0.407 e. The summed E-state index contributed by atoms with van der Waals surface area (Å²) in [6, 6.07) is 0.140. The van der Waals surface area contributed by atoms with Crippen LogP contribution in [0.4, 0.5) is 4.79 Å². The molecule has 0 aliphatic carbocycles. The van der Waals surface area contributed by atoms with Gasteiger partial charge in [0.15, 0.2) is 0 Å². The number of hydrogen-bond acceptors (Lipinski definition) is 4. The number of alkyl carbamates (subject to hydrolysis) is 1. The Bertz CT molecular complexity index is 307. The Morgan fingerprint density at radius 2 is 1.89 bits per heavy atom. The van der Waals surface area contributed by atoms with Gasteiger partial charge in [0.25, 0.3) is 0 Å². The Morgan fingerprint density at radius 3 is 2.33 bits per heavy atom. The number of amides is 1. The van der Waals surface area contributed by atoms with E-state index >= 15 is 0 Å². The number of carbonyl (C=O) groups is 2. The molecule has 1 fully saturated rings. The summed E-state index contributed by atoms with van der Waals surface area (Å²) < 4.78 is 5.21. The number of nitrogens with one attached hydrogen (secondary N) is 1. The number of hydrogen-bond donors (Lipinski definition) is 1. The standard InChI is InChI=1S/C12H21BrN2O3/c1-12(2,3)18-11(17)14-9-4-6-15(7-5-9)8-10(13)16/h9H,4-8H2,1-3H3,(H,14,17). The lowest BCUT2D eigenvalue weighted by Gasteiger charge is -2.31. The predicted molar refractivity (Wildman–Crippen MR) is 72.8 cm³/mol. The monoisotopic (exact) mass is 320 g/mol. The van der Waals surface area contributed by atoms with Gasteiger partial charge in [-0.25, -0.2) is 4.79 Å². The number of carbonyl (C=O) groups excluding carboxylic acids is 2. The van der Waals surface area contributed by atoms with Crippen LogP contribution in [0.25, 0.3) is 0 Å². The maximum absolute atomic E-state index is 11.6. The number of likely N-dealkylation sites (tertiary alicyclic amines) is 1. The fraction of sp³-hybridized carbons (Fsp3) is 0.833. The summed E-state index contributed by atoms with van der Waals surface area (Å²) in [5, 5.41) is 2.86. The maximum atomic E-state index is 11.6. The van der Waals surface area contributed by atoms with Gasteiger partial charge >= 0.3 is 6.09 Å². The van der Waals surface area contributed by atoms with Gasteiger partial charge in [-0.2, -0.15) is 0 Å². The summed E-state index contributed by atoms with van der Waals surface area (Å²) in [4.78, 5) is 24.6. The van der Waals surface area contributed by atoms with Gasteiger partial charge in [0.05, 0.1) is 6.54 Å². The first kappa shape index (κ1) is 15.4. The number of rotatable bonds is 3. The molecule has 1 rings (SSSR count). The number of ether oxygens (including phenoxy) is 1. The van der Waals surface area contributed by atoms with Crippen LogP contribution in [0.2, 0.25) is 0 Å². The average Bonchev–Trinajstić information content (AvgIpc) is 2.17. The SMILES string of the molecule is CC(C)(C)OC(=O)NC1CCN(CC(=O)Br)CC1. The molecule has 0 aromatic rings. The molecule has 18 heavy (non-hydrogen) atoms. The maximum Gasteiger partial charge on any atom is 0.407 e. The van der Waals surface area contributed by atoms with Crippen molar-refractivity contribution in [2.24, 2.45) is 0 Å². The van der Waals surface area contributed by atoms with E-state index in [1.165, 1.54) is 0 Å². The van der Waals surface area contributed by atoms with E-state index in [4.69, 9.17) is 4.74 Å². The minimum atomic E-state index is -0.465. The molecular formula is C12H21BrN2O3. The Labute approximate surface area is 116 Å². The largest absolute Gasteiger partial charge is 0.444 e. The van der Waals surface area contributed by atoms with Crippen molar-refractivity contribution < 1.29 is 14.3 Å². The van der Waals surface area contributed by atoms with Crippen LogP contribution in [-0.2, 0) is 9.53 Å². The Balaban J connectivity index is 2.27. The van der Waals surface area contributed by atoms with E-state index in [2.05, 4.69) is 26.1 Å². The summed E-state index contributed by atoms with van der Waals surface area (Å²) in [7, 11) is 0. The van der Waals surface area contributed by atoms with Crippen LogP contribution in [0.15, 0.2) is 0 Å². The third-order valence-corrected chi connectivity index (χ3v) is 2.91. The zero-order valence-corrected chi connectivity index (χ0v) is 12.7. The highest BCUT2D eigenvalue weighted by molar-refractivity contribution is 9.18. The van der Waals surface area contributed by atoms with E-state index in [-0.39, 0.29) is 16.8 Å². The second-order valence-electron chi connectivity index (χ2n) is 5.55. The van der Waals surface area contributed by atoms with E-state index in [9.17, 15) is 9.59 Å². The first-order valence-corrected chi connectivity index (χ1v) is 6.96. The lowest BCUT2D eigenvalue weighted by Crippen LogP contribution is -2.46. The minimum absolute atomic E-state index is 0.000974. The predicted octanol–water partition coefficient (Wildman–Crippen LogP) is 1.90. The molecule has 0 aromatic heterocycles. The van der Waals surface area contributed by atoms with Crippen molar-refractivity contribution in [2.45, 2.75) is 45.3 Å². The third kappa shape index (κ3) is 6.35. The minimum Gasteiger partial charge on any atom is -0.444 e. The van der Waals surface area contributed by atoms with Crippen molar-refractivity contribution in [2.75, 3.05) is 19.6 Å². The molecular weight excluding hydrogens is 300 g/mol. The van der Waals surface area contributed by atoms with Crippen LogP contribution >= 0.6 is 15.9 Å². The molecule has 1 aliphatic heterocycles. The van der Waals surface area contributed by atoms with E-state index in [1.54, 1.807) is 0 Å². The van der Waals surface area contributed by atoms with Crippen molar-refractivity contribution in [1.82, 2.24) is 10.2 Å². The van der Waals surface area contributed by atoms with Crippen molar-refractivity contribution in [3.63, 3.8) is 0 Å². The summed E-state index contributed by atoms with van der Waals surface area (Å²) >= 11 is 2.93. The molecule has 1 N–H and O–H groups in total. The first-order chi connectivity index (χ1) is 8.26. The lowest BCUT2D eigenvalue weighted by molar-refractivity contribution is -0.111. The molecule has 0 atom stereocenters. The highest BCUT2D eigenvalue weighted by atomic mass is 79.9. The Morgan fingerprint density at radius 1 is 1.33 bits per heavy atom. The summed E-state index contributed by atoms with van der Waals surface area (Å²) in [6.07, 6.45) is 1.33. The van der Waals surface area contributed by atoms with Crippen LogP contribution in [0.3, 0.4) is 0 Å². The molecule has 0 spiro atoms. The van der Waals surface area contributed by atoms with Crippen LogP contribution in [-0.4, -0.2) is 47.0 Å². The van der Waals surface area contributed by atoms with Crippen molar-refractivity contribution in [3.8, 4) is 0 Å². The second kappa shape index (κ2) is 6.52. The van der Waals surface area contributed by atoms with Gasteiger partial charge in [0, 0.05) is 19.1 Å². The molecule has 0 aromatic carbocycles. The number of halogens is 1. The lowest BCUT2D eigenvalue weighted by atomic mass is 10.1. The fourth-order valence-electron chi connectivity index (χ4n) is 1.89. The summed E-state index contributed by atoms with van der Waals surface area (Å²) in [5.41, 5.74) is -0.465. The van der Waals surface area contributed by atoms with Crippen LogP contribution < -0.4 is 5.32 Å². The highest BCUT2D eigenvalue weighted by Gasteiger charge is 2.23. The van der Waals surface area contributed by atoms with Crippen molar-refractivity contribution in [1.29, 1.82) is 0 Å². The molecule has 104 valence electrons. The first-order valence-electron chi connectivity index (χ1n) is 6.16. The second-order valence-corrected chi connectivity index (χ2v) is 6.44.